The Hall–Kier alpha value is -3.36. The molecule has 9 heteroatoms. The number of carbonyl (C=O) groups excluding carboxylic acids is 1. The number of fused-ring (bicyclic) bond motifs is 1. The number of carbonyl (C=O) groups is 1. The van der Waals surface area contributed by atoms with E-state index < -0.39 is 12.0 Å². The fourth-order valence-electron chi connectivity index (χ4n) is 3.73. The van der Waals surface area contributed by atoms with E-state index in [1.165, 1.54) is 23.0 Å². The summed E-state index contributed by atoms with van der Waals surface area (Å²) < 4.78 is 17.7. The number of rotatable bonds is 5. The third-order valence-electron chi connectivity index (χ3n) is 5.34. The lowest BCUT2D eigenvalue weighted by Gasteiger charge is -2.24. The molecule has 7 nitrogen and oxygen atoms in total. The van der Waals surface area contributed by atoms with Crippen molar-refractivity contribution in [3.8, 4) is 11.5 Å². The summed E-state index contributed by atoms with van der Waals surface area (Å²) in [5.41, 5.74) is 1.97. The van der Waals surface area contributed by atoms with Gasteiger partial charge in [-0.05, 0) is 42.8 Å². The summed E-state index contributed by atoms with van der Waals surface area (Å²) in [5, 5.41) is 0.554. The average Bonchev–Trinajstić information content (AvgIpc) is 3.12. The Morgan fingerprint density at radius 2 is 1.85 bits per heavy atom. The number of benzene rings is 2. The van der Waals surface area contributed by atoms with Gasteiger partial charge >= 0.3 is 5.97 Å². The Morgan fingerprint density at radius 3 is 2.48 bits per heavy atom. The van der Waals surface area contributed by atoms with E-state index in [4.69, 9.17) is 25.8 Å². The van der Waals surface area contributed by atoms with Crippen LogP contribution in [0.4, 0.5) is 0 Å². The summed E-state index contributed by atoms with van der Waals surface area (Å²) >= 11 is 7.31. The highest BCUT2D eigenvalue weighted by atomic mass is 35.5. The summed E-state index contributed by atoms with van der Waals surface area (Å²) in [6.45, 7) is 1.73. The predicted octanol–water partition coefficient (Wildman–Crippen LogP) is 3.08. The summed E-state index contributed by atoms with van der Waals surface area (Å²) in [5.74, 6) is 0.676. The zero-order valence-corrected chi connectivity index (χ0v) is 20.0. The van der Waals surface area contributed by atoms with Gasteiger partial charge in [0.05, 0.1) is 43.2 Å². The van der Waals surface area contributed by atoms with Crippen molar-refractivity contribution in [2.24, 2.45) is 4.99 Å². The largest absolute Gasteiger partial charge is 0.497 e. The number of aromatic nitrogens is 1. The summed E-state index contributed by atoms with van der Waals surface area (Å²) in [6, 6.07) is 11.7. The molecule has 1 aliphatic heterocycles. The van der Waals surface area contributed by atoms with Gasteiger partial charge in [-0.2, -0.15) is 0 Å². The first kappa shape index (κ1) is 22.8. The second-order valence-corrected chi connectivity index (χ2v) is 8.68. The van der Waals surface area contributed by atoms with Gasteiger partial charge < -0.3 is 14.2 Å². The number of methoxy groups -OCH3 is 3. The third kappa shape index (κ3) is 4.19. The third-order valence-corrected chi connectivity index (χ3v) is 6.57. The Labute approximate surface area is 198 Å². The van der Waals surface area contributed by atoms with Crippen molar-refractivity contribution >= 4 is 35.0 Å². The van der Waals surface area contributed by atoms with E-state index in [2.05, 4.69) is 4.99 Å². The van der Waals surface area contributed by atoms with Crippen molar-refractivity contribution in [2.45, 2.75) is 13.0 Å². The van der Waals surface area contributed by atoms with Crippen LogP contribution in [-0.4, -0.2) is 31.9 Å². The average molecular weight is 485 g/mol. The topological polar surface area (TPSA) is 79.1 Å². The maximum atomic E-state index is 13.6. The zero-order valence-electron chi connectivity index (χ0n) is 18.4. The molecule has 33 heavy (non-hydrogen) atoms. The van der Waals surface area contributed by atoms with Crippen LogP contribution in [0.5, 0.6) is 11.5 Å². The van der Waals surface area contributed by atoms with Gasteiger partial charge in [0.15, 0.2) is 4.80 Å². The molecule has 1 aromatic heterocycles. The molecule has 2 heterocycles. The Morgan fingerprint density at radius 1 is 1.12 bits per heavy atom. The van der Waals surface area contributed by atoms with Gasteiger partial charge in [0.1, 0.15) is 11.5 Å². The number of hydrogen-bond donors (Lipinski definition) is 0. The van der Waals surface area contributed by atoms with E-state index in [9.17, 15) is 9.59 Å². The SMILES string of the molecule is COC(=O)C1=C(C)N=c2s/c(=C/c3ccc(OC)cc3OC)c(=O)n2[C@H]1c1ccc(Cl)cc1. The fourth-order valence-corrected chi connectivity index (χ4v) is 4.90. The van der Waals surface area contributed by atoms with Crippen molar-refractivity contribution in [1.82, 2.24) is 4.57 Å². The van der Waals surface area contributed by atoms with Gasteiger partial charge in [-0.1, -0.05) is 35.1 Å². The second-order valence-electron chi connectivity index (χ2n) is 7.23. The molecule has 0 saturated carbocycles. The molecule has 0 fully saturated rings. The molecule has 0 saturated heterocycles. The van der Waals surface area contributed by atoms with Crippen LogP contribution >= 0.6 is 22.9 Å². The number of ether oxygens (including phenoxy) is 3. The molecule has 4 rings (SSSR count). The van der Waals surface area contributed by atoms with Crippen molar-refractivity contribution < 1.29 is 19.0 Å². The van der Waals surface area contributed by atoms with Crippen molar-refractivity contribution in [2.75, 3.05) is 21.3 Å². The quantitative estimate of drug-likeness (QED) is 0.520. The van der Waals surface area contributed by atoms with Gasteiger partial charge in [0.2, 0.25) is 0 Å². The smallest absolute Gasteiger partial charge is 0.338 e. The summed E-state index contributed by atoms with van der Waals surface area (Å²) in [6.07, 6.45) is 1.75. The molecule has 0 spiro atoms. The molecule has 1 aliphatic rings. The first-order valence-electron chi connectivity index (χ1n) is 9.96. The molecule has 170 valence electrons. The van der Waals surface area contributed by atoms with Crippen molar-refractivity contribution in [3.63, 3.8) is 0 Å². The van der Waals surface area contributed by atoms with E-state index in [1.807, 2.05) is 6.07 Å². The normalized spacial score (nSPS) is 15.7. The molecule has 0 N–H and O–H groups in total. The highest BCUT2D eigenvalue weighted by Crippen LogP contribution is 2.31. The lowest BCUT2D eigenvalue weighted by Crippen LogP contribution is -2.39. The number of thiazole rings is 1. The van der Waals surface area contributed by atoms with E-state index >= 15 is 0 Å². The van der Waals surface area contributed by atoms with E-state index in [0.29, 0.717) is 37.1 Å². The van der Waals surface area contributed by atoms with Crippen LogP contribution in [-0.2, 0) is 9.53 Å². The molecule has 0 amide bonds. The number of esters is 1. The minimum Gasteiger partial charge on any atom is -0.497 e. The van der Waals surface area contributed by atoms with Gasteiger partial charge in [-0.15, -0.1) is 0 Å². The number of allylic oxidation sites excluding steroid dienone is 1. The van der Waals surface area contributed by atoms with Crippen LogP contribution < -0.4 is 24.4 Å². The Kier molecular flexibility index (Phi) is 6.40. The van der Waals surface area contributed by atoms with Crippen molar-refractivity contribution in [3.05, 3.63) is 89.6 Å². The molecule has 0 bridgehead atoms. The van der Waals surface area contributed by atoms with E-state index in [0.717, 1.165) is 11.1 Å². The number of hydrogen-bond acceptors (Lipinski definition) is 7. The van der Waals surface area contributed by atoms with Crippen LogP contribution in [0.3, 0.4) is 0 Å². The minimum atomic E-state index is -0.689. The highest BCUT2D eigenvalue weighted by molar-refractivity contribution is 7.07. The van der Waals surface area contributed by atoms with Crippen LogP contribution in [0.15, 0.2) is 63.5 Å². The molecule has 0 aliphatic carbocycles. The van der Waals surface area contributed by atoms with Gasteiger partial charge in [-0.25, -0.2) is 9.79 Å². The van der Waals surface area contributed by atoms with E-state index in [1.54, 1.807) is 63.6 Å². The predicted molar refractivity (Wildman–Crippen MR) is 127 cm³/mol. The lowest BCUT2D eigenvalue weighted by atomic mass is 9.96. The van der Waals surface area contributed by atoms with E-state index in [-0.39, 0.29) is 5.56 Å². The lowest BCUT2D eigenvalue weighted by molar-refractivity contribution is -0.136. The number of halogens is 1. The zero-order chi connectivity index (χ0) is 23.7. The Bertz CT molecular complexity index is 1440. The highest BCUT2D eigenvalue weighted by Gasteiger charge is 2.33. The maximum absolute atomic E-state index is 13.6. The molecule has 2 aromatic carbocycles. The second kappa shape index (κ2) is 9.25. The van der Waals surface area contributed by atoms with Crippen LogP contribution in [0.2, 0.25) is 5.02 Å². The number of nitrogens with zero attached hydrogens (tertiary/aromatic N) is 2. The summed E-state index contributed by atoms with van der Waals surface area (Å²) in [4.78, 5) is 31.3. The van der Waals surface area contributed by atoms with Crippen LogP contribution in [0.25, 0.3) is 6.08 Å². The first-order chi connectivity index (χ1) is 15.9. The van der Waals surface area contributed by atoms with Crippen LogP contribution in [0, 0.1) is 0 Å². The standard InChI is InChI=1S/C24H21ClN2O5S/c1-13-20(23(29)32-4)21(14-5-8-16(25)9-6-14)27-22(28)19(33-24(27)26-13)11-15-7-10-17(30-2)12-18(15)31-3/h5-12,21H,1-4H3/b19-11+/t21-/m0/s1. The molecule has 3 aromatic rings. The first-order valence-corrected chi connectivity index (χ1v) is 11.2. The van der Waals surface area contributed by atoms with Gasteiger partial charge in [0, 0.05) is 16.7 Å². The van der Waals surface area contributed by atoms with Gasteiger partial charge in [0.25, 0.3) is 5.56 Å². The summed E-state index contributed by atoms with van der Waals surface area (Å²) in [7, 11) is 4.44. The Balaban J connectivity index is 1.96. The maximum Gasteiger partial charge on any atom is 0.338 e. The molecule has 0 radical (unpaired) electrons. The minimum absolute atomic E-state index is 0.273. The van der Waals surface area contributed by atoms with Gasteiger partial charge in [-0.3, -0.25) is 9.36 Å². The van der Waals surface area contributed by atoms with Crippen molar-refractivity contribution in [1.29, 1.82) is 0 Å². The molecule has 0 unspecified atom stereocenters. The molecular weight excluding hydrogens is 464 g/mol. The monoisotopic (exact) mass is 484 g/mol. The fraction of sp³-hybridized carbons (Fsp3) is 0.208. The molecule has 1 atom stereocenters. The molecular formula is C24H21ClN2O5S. The van der Waals surface area contributed by atoms with Crippen LogP contribution in [0.1, 0.15) is 24.1 Å².